The Labute approximate surface area is 61.3 Å². The Morgan fingerprint density at radius 2 is 1.38 bits per heavy atom. The molecule has 0 saturated heterocycles. The Kier molecular flexibility index (Phi) is 2.40. The van der Waals surface area contributed by atoms with Crippen LogP contribution in [0.5, 0.6) is 0 Å². The van der Waals surface area contributed by atoms with E-state index in [1.807, 2.05) is 0 Å². The summed E-state index contributed by atoms with van der Waals surface area (Å²) in [4.78, 5) is 0. The van der Waals surface area contributed by atoms with Crippen LogP contribution in [0.1, 0.15) is 13.8 Å². The van der Waals surface area contributed by atoms with Crippen molar-refractivity contribution < 1.29 is 0 Å². The third kappa shape index (κ3) is 1.79. The minimum absolute atomic E-state index is 0.839. The molecule has 0 bridgehead atoms. The molecule has 0 amide bonds. The molecule has 44 valence electrons. The standard InChI is InChI=1S/C6H8Se2/c1-5-3-4-6(2)8-7-5/h3-4H,1-2H3. The van der Waals surface area contributed by atoms with Crippen LogP contribution >= 0.6 is 0 Å². The zero-order valence-electron chi connectivity index (χ0n) is 4.97. The van der Waals surface area contributed by atoms with Crippen molar-refractivity contribution in [1.29, 1.82) is 0 Å². The zero-order chi connectivity index (χ0) is 5.98. The maximum atomic E-state index is 2.25. The summed E-state index contributed by atoms with van der Waals surface area (Å²) in [5.41, 5.74) is 0. The summed E-state index contributed by atoms with van der Waals surface area (Å²) in [6, 6.07) is 0. The average Bonchev–Trinajstić information content (AvgIpc) is 1.77. The summed E-state index contributed by atoms with van der Waals surface area (Å²) in [6.45, 7) is 4.45. The Hall–Kier alpha value is 0.519. The van der Waals surface area contributed by atoms with Crippen molar-refractivity contribution in [2.75, 3.05) is 0 Å². The Morgan fingerprint density at radius 1 is 1.00 bits per heavy atom. The van der Waals surface area contributed by atoms with Gasteiger partial charge < -0.3 is 0 Å². The van der Waals surface area contributed by atoms with Crippen LogP contribution < -0.4 is 0 Å². The van der Waals surface area contributed by atoms with Crippen molar-refractivity contribution in [2.24, 2.45) is 0 Å². The molecule has 1 aliphatic heterocycles. The molecule has 0 fully saturated rings. The third-order valence-corrected chi connectivity index (χ3v) is 9.35. The van der Waals surface area contributed by atoms with Crippen molar-refractivity contribution in [1.82, 2.24) is 0 Å². The number of rotatable bonds is 0. The van der Waals surface area contributed by atoms with Gasteiger partial charge in [-0.2, -0.15) is 0 Å². The maximum absolute atomic E-state index is 2.25. The van der Waals surface area contributed by atoms with Crippen LogP contribution in [0.3, 0.4) is 0 Å². The van der Waals surface area contributed by atoms with E-state index >= 15 is 0 Å². The first-order chi connectivity index (χ1) is 3.79. The molecule has 0 unspecified atom stereocenters. The van der Waals surface area contributed by atoms with Gasteiger partial charge in [0.2, 0.25) is 0 Å². The second-order valence-electron chi connectivity index (χ2n) is 1.72. The first-order valence-electron chi connectivity index (χ1n) is 2.49. The van der Waals surface area contributed by atoms with Gasteiger partial charge in [-0.05, 0) is 0 Å². The van der Waals surface area contributed by atoms with Crippen LogP contribution in [-0.4, -0.2) is 26.3 Å². The van der Waals surface area contributed by atoms with Crippen LogP contribution in [0, 0.1) is 0 Å². The predicted molar refractivity (Wildman–Crippen MR) is 39.0 cm³/mol. The normalized spacial score (nSPS) is 19.8. The molecule has 0 atom stereocenters. The molecule has 0 spiro atoms. The van der Waals surface area contributed by atoms with Crippen molar-refractivity contribution in [2.45, 2.75) is 13.8 Å². The van der Waals surface area contributed by atoms with E-state index in [9.17, 15) is 0 Å². The van der Waals surface area contributed by atoms with Gasteiger partial charge in [-0.1, -0.05) is 0 Å². The summed E-state index contributed by atoms with van der Waals surface area (Å²) < 4.78 is 3.20. The molecule has 0 N–H and O–H groups in total. The van der Waals surface area contributed by atoms with Crippen molar-refractivity contribution in [3.63, 3.8) is 0 Å². The van der Waals surface area contributed by atoms with E-state index in [0.717, 1.165) is 26.3 Å². The molecular weight excluding hydrogens is 230 g/mol. The minimum atomic E-state index is 0.839. The molecule has 1 aliphatic rings. The topological polar surface area (TPSA) is 0 Å². The molecule has 1 rings (SSSR count). The second-order valence-corrected chi connectivity index (χ2v) is 8.76. The fourth-order valence-corrected chi connectivity index (χ4v) is 5.57. The van der Waals surface area contributed by atoms with E-state index in [-0.39, 0.29) is 0 Å². The molecule has 8 heavy (non-hydrogen) atoms. The van der Waals surface area contributed by atoms with Crippen LogP contribution in [0.15, 0.2) is 21.1 Å². The molecular formula is C6H8Se2. The fourth-order valence-electron chi connectivity index (χ4n) is 0.422. The van der Waals surface area contributed by atoms with E-state index in [1.165, 1.54) is 0 Å². The molecule has 0 aromatic carbocycles. The van der Waals surface area contributed by atoms with Gasteiger partial charge in [0, 0.05) is 0 Å². The van der Waals surface area contributed by atoms with Gasteiger partial charge in [0.25, 0.3) is 0 Å². The summed E-state index contributed by atoms with van der Waals surface area (Å²) in [5, 5.41) is 0. The molecule has 1 heterocycles. The van der Waals surface area contributed by atoms with E-state index in [0.29, 0.717) is 0 Å². The van der Waals surface area contributed by atoms with Gasteiger partial charge in [-0.15, -0.1) is 0 Å². The van der Waals surface area contributed by atoms with Crippen molar-refractivity contribution >= 4 is 26.3 Å². The van der Waals surface area contributed by atoms with E-state index < -0.39 is 0 Å². The quantitative estimate of drug-likeness (QED) is 0.555. The van der Waals surface area contributed by atoms with Gasteiger partial charge in [-0.25, -0.2) is 0 Å². The molecule has 2 heteroatoms. The summed E-state index contributed by atoms with van der Waals surface area (Å²) in [6.07, 6.45) is 4.50. The number of allylic oxidation sites excluding steroid dienone is 4. The third-order valence-electron chi connectivity index (χ3n) is 0.857. The summed E-state index contributed by atoms with van der Waals surface area (Å²) in [7, 11) is 0. The molecule has 0 aliphatic carbocycles. The molecule has 0 aromatic heterocycles. The predicted octanol–water partition coefficient (Wildman–Crippen LogP) is 1.13. The van der Waals surface area contributed by atoms with Crippen LogP contribution in [0.25, 0.3) is 0 Å². The molecule has 0 nitrogen and oxygen atoms in total. The Balaban J connectivity index is 2.65. The second kappa shape index (κ2) is 2.89. The fraction of sp³-hybridized carbons (Fsp3) is 0.333. The van der Waals surface area contributed by atoms with Crippen molar-refractivity contribution in [3.05, 3.63) is 21.1 Å². The van der Waals surface area contributed by atoms with Gasteiger partial charge in [0.15, 0.2) is 0 Å². The van der Waals surface area contributed by atoms with Crippen LogP contribution in [-0.2, 0) is 0 Å². The number of hydrogen-bond donors (Lipinski definition) is 0. The van der Waals surface area contributed by atoms with Crippen LogP contribution in [0.4, 0.5) is 0 Å². The van der Waals surface area contributed by atoms with E-state index in [2.05, 4.69) is 26.0 Å². The molecule has 0 aromatic rings. The summed E-state index contributed by atoms with van der Waals surface area (Å²) in [5.74, 6) is 0. The monoisotopic (exact) mass is 240 g/mol. The van der Waals surface area contributed by atoms with Gasteiger partial charge >= 0.3 is 61.2 Å². The first kappa shape index (κ1) is 6.64. The molecule has 0 saturated carbocycles. The Bertz CT molecular complexity index is 127. The SMILES string of the molecule is CC1=CC=C(C)[Se][Se]1. The zero-order valence-corrected chi connectivity index (χ0v) is 8.40. The van der Waals surface area contributed by atoms with Gasteiger partial charge in [-0.3, -0.25) is 0 Å². The van der Waals surface area contributed by atoms with Gasteiger partial charge in [0.1, 0.15) is 0 Å². The van der Waals surface area contributed by atoms with E-state index in [4.69, 9.17) is 0 Å². The average molecular weight is 238 g/mol. The molecule has 0 radical (unpaired) electrons. The van der Waals surface area contributed by atoms with E-state index in [1.54, 1.807) is 8.94 Å². The van der Waals surface area contributed by atoms with Gasteiger partial charge in [0.05, 0.1) is 0 Å². The first-order valence-corrected chi connectivity index (χ1v) is 8.53. The Morgan fingerprint density at radius 3 is 1.62 bits per heavy atom. The van der Waals surface area contributed by atoms with Crippen molar-refractivity contribution in [3.8, 4) is 0 Å². The number of hydrogen-bond acceptors (Lipinski definition) is 0. The van der Waals surface area contributed by atoms with Crippen LogP contribution in [0.2, 0.25) is 0 Å². The summed E-state index contributed by atoms with van der Waals surface area (Å²) >= 11 is 1.68.